The van der Waals surface area contributed by atoms with Crippen LogP contribution in [0.1, 0.15) is 18.4 Å². The lowest BCUT2D eigenvalue weighted by Crippen LogP contribution is -2.30. The number of benzene rings is 1. The number of rotatable bonds is 5. The van der Waals surface area contributed by atoms with E-state index >= 15 is 0 Å². The molecule has 2 rings (SSSR count). The quantitative estimate of drug-likeness (QED) is 0.765. The highest BCUT2D eigenvalue weighted by Crippen LogP contribution is 2.39. The molecule has 1 aromatic rings. The van der Waals surface area contributed by atoms with Gasteiger partial charge in [0.15, 0.2) is 0 Å². The maximum absolute atomic E-state index is 3.53. The van der Waals surface area contributed by atoms with Crippen LogP contribution >= 0.6 is 27.7 Å². The van der Waals surface area contributed by atoms with Crippen LogP contribution in [0.15, 0.2) is 29.2 Å². The Morgan fingerprint density at radius 1 is 1.44 bits per heavy atom. The summed E-state index contributed by atoms with van der Waals surface area (Å²) in [5.74, 6) is 1.97. The van der Waals surface area contributed by atoms with Crippen molar-refractivity contribution in [3.63, 3.8) is 0 Å². The zero-order valence-electron chi connectivity index (χ0n) is 9.66. The van der Waals surface area contributed by atoms with Crippen LogP contribution in [0.5, 0.6) is 0 Å². The van der Waals surface area contributed by atoms with Gasteiger partial charge >= 0.3 is 0 Å². The van der Waals surface area contributed by atoms with Crippen molar-refractivity contribution in [2.75, 3.05) is 30.7 Å². The van der Waals surface area contributed by atoms with Crippen molar-refractivity contribution in [2.45, 2.75) is 17.7 Å². The monoisotopic (exact) mass is 299 g/mol. The van der Waals surface area contributed by atoms with Crippen molar-refractivity contribution in [1.29, 1.82) is 0 Å². The van der Waals surface area contributed by atoms with Crippen LogP contribution in [0.25, 0.3) is 0 Å². The van der Waals surface area contributed by atoms with E-state index in [-0.39, 0.29) is 0 Å². The van der Waals surface area contributed by atoms with Crippen LogP contribution in [0.4, 0.5) is 0 Å². The molecule has 3 heteroatoms. The van der Waals surface area contributed by atoms with E-state index in [0.29, 0.717) is 0 Å². The fourth-order valence-electron chi connectivity index (χ4n) is 2.19. The van der Waals surface area contributed by atoms with Gasteiger partial charge < -0.3 is 4.90 Å². The first-order valence-electron chi connectivity index (χ1n) is 5.85. The third kappa shape index (κ3) is 2.82. The molecule has 1 aliphatic rings. The van der Waals surface area contributed by atoms with Crippen LogP contribution in [0.2, 0.25) is 0 Å². The number of fused-ring (bicyclic) bond motifs is 1. The highest BCUT2D eigenvalue weighted by atomic mass is 79.9. The van der Waals surface area contributed by atoms with Crippen molar-refractivity contribution in [2.24, 2.45) is 0 Å². The van der Waals surface area contributed by atoms with Gasteiger partial charge in [0, 0.05) is 35.0 Å². The molecule has 88 valence electrons. The van der Waals surface area contributed by atoms with Gasteiger partial charge in [0.2, 0.25) is 0 Å². The molecule has 1 heterocycles. The first-order chi connectivity index (χ1) is 7.85. The maximum Gasteiger partial charge on any atom is 0.0159 e. The summed E-state index contributed by atoms with van der Waals surface area (Å²) >= 11 is 5.53. The van der Waals surface area contributed by atoms with E-state index in [9.17, 15) is 0 Å². The molecular formula is C13H18BrNS. The summed E-state index contributed by atoms with van der Waals surface area (Å²) in [6.07, 6.45) is 0. The summed E-state index contributed by atoms with van der Waals surface area (Å²) in [6.45, 7) is 5.75. The molecule has 1 unspecified atom stereocenters. The van der Waals surface area contributed by atoms with E-state index in [4.69, 9.17) is 0 Å². The average molecular weight is 300 g/mol. The Morgan fingerprint density at radius 3 is 3.00 bits per heavy atom. The highest BCUT2D eigenvalue weighted by Gasteiger charge is 2.23. The van der Waals surface area contributed by atoms with Crippen molar-refractivity contribution in [3.8, 4) is 0 Å². The van der Waals surface area contributed by atoms with Gasteiger partial charge in [-0.2, -0.15) is 0 Å². The van der Waals surface area contributed by atoms with Crippen molar-refractivity contribution >= 4 is 27.7 Å². The third-order valence-corrected chi connectivity index (χ3v) is 4.73. The van der Waals surface area contributed by atoms with E-state index in [2.05, 4.69) is 52.0 Å². The largest absolute Gasteiger partial charge is 0.302 e. The molecule has 1 nitrogen and oxygen atoms in total. The Balaban J connectivity index is 2.02. The summed E-state index contributed by atoms with van der Waals surface area (Å²) in [7, 11) is 0. The van der Waals surface area contributed by atoms with Crippen molar-refractivity contribution in [3.05, 3.63) is 29.8 Å². The Labute approximate surface area is 111 Å². The molecule has 0 N–H and O–H groups in total. The van der Waals surface area contributed by atoms with Gasteiger partial charge in [-0.25, -0.2) is 0 Å². The van der Waals surface area contributed by atoms with Gasteiger partial charge in [-0.1, -0.05) is 41.1 Å². The summed E-state index contributed by atoms with van der Waals surface area (Å²) in [6, 6.07) is 8.85. The number of hydrogen-bond acceptors (Lipinski definition) is 2. The molecule has 0 aromatic heterocycles. The number of nitrogens with zero attached hydrogens (tertiary/aromatic N) is 1. The van der Waals surface area contributed by atoms with E-state index in [1.165, 1.54) is 17.2 Å². The molecule has 0 amide bonds. The zero-order valence-corrected chi connectivity index (χ0v) is 12.1. The molecule has 1 atom stereocenters. The molecule has 0 saturated heterocycles. The predicted octanol–water partition coefficient (Wildman–Crippen LogP) is 3.59. The van der Waals surface area contributed by atoms with Crippen LogP contribution in [0.3, 0.4) is 0 Å². The molecule has 0 fully saturated rings. The molecule has 1 aliphatic heterocycles. The third-order valence-electron chi connectivity index (χ3n) is 3.13. The Bertz CT molecular complexity index is 342. The molecule has 0 bridgehead atoms. The maximum atomic E-state index is 3.53. The molecule has 0 saturated carbocycles. The summed E-state index contributed by atoms with van der Waals surface area (Å²) in [5.41, 5.74) is 1.56. The summed E-state index contributed by atoms with van der Waals surface area (Å²) in [4.78, 5) is 4.02. The summed E-state index contributed by atoms with van der Waals surface area (Å²) < 4.78 is 0. The lowest BCUT2D eigenvalue weighted by molar-refractivity contribution is 0.293. The number of alkyl halides is 1. The molecule has 16 heavy (non-hydrogen) atoms. The van der Waals surface area contributed by atoms with Crippen molar-refractivity contribution < 1.29 is 0 Å². The molecule has 0 radical (unpaired) electrons. The van der Waals surface area contributed by atoms with Gasteiger partial charge in [0.25, 0.3) is 0 Å². The van der Waals surface area contributed by atoms with Crippen molar-refractivity contribution in [1.82, 2.24) is 4.90 Å². The Kier molecular flexibility index (Phi) is 4.74. The number of hydrogen-bond donors (Lipinski definition) is 0. The second-order valence-corrected chi connectivity index (χ2v) is 5.98. The molecule has 0 spiro atoms. The van der Waals surface area contributed by atoms with E-state index < -0.39 is 0 Å². The minimum absolute atomic E-state index is 0.722. The molecular weight excluding hydrogens is 282 g/mol. The van der Waals surface area contributed by atoms with Gasteiger partial charge in [0.1, 0.15) is 0 Å². The average Bonchev–Trinajstić information content (AvgIpc) is 2.72. The first-order valence-corrected chi connectivity index (χ1v) is 7.96. The van der Waals surface area contributed by atoms with Crippen LogP contribution < -0.4 is 0 Å². The van der Waals surface area contributed by atoms with Crippen LogP contribution in [-0.4, -0.2) is 35.6 Å². The molecule has 1 aromatic carbocycles. The second kappa shape index (κ2) is 6.08. The van der Waals surface area contributed by atoms with Crippen LogP contribution in [0, 0.1) is 0 Å². The minimum atomic E-state index is 0.722. The van der Waals surface area contributed by atoms with E-state index in [0.717, 1.165) is 24.3 Å². The van der Waals surface area contributed by atoms with Gasteiger partial charge in [-0.3, -0.25) is 0 Å². The Morgan fingerprint density at radius 2 is 2.25 bits per heavy atom. The SMILES string of the molecule is CCN(CCBr)CC1CSc2ccccc21. The predicted molar refractivity (Wildman–Crippen MR) is 75.8 cm³/mol. The van der Waals surface area contributed by atoms with Crippen LogP contribution in [-0.2, 0) is 0 Å². The normalized spacial score (nSPS) is 19.1. The fraction of sp³-hybridized carbons (Fsp3) is 0.538. The minimum Gasteiger partial charge on any atom is -0.302 e. The zero-order chi connectivity index (χ0) is 11.4. The first kappa shape index (κ1) is 12.5. The lowest BCUT2D eigenvalue weighted by Gasteiger charge is -2.23. The molecule has 0 aliphatic carbocycles. The van der Waals surface area contributed by atoms with Gasteiger partial charge in [-0.05, 0) is 18.2 Å². The second-order valence-electron chi connectivity index (χ2n) is 4.13. The highest BCUT2D eigenvalue weighted by molar-refractivity contribution is 9.09. The van der Waals surface area contributed by atoms with Gasteiger partial charge in [0.05, 0.1) is 0 Å². The Hall–Kier alpha value is 0.0100. The lowest BCUT2D eigenvalue weighted by atomic mass is 10.0. The van der Waals surface area contributed by atoms with E-state index in [1.54, 1.807) is 5.56 Å². The smallest absolute Gasteiger partial charge is 0.0159 e. The van der Waals surface area contributed by atoms with Gasteiger partial charge in [-0.15, -0.1) is 11.8 Å². The number of thioether (sulfide) groups is 1. The number of likely N-dealkylation sites (N-methyl/N-ethyl adjacent to an activating group) is 1. The fourth-order valence-corrected chi connectivity index (χ4v) is 3.93. The summed E-state index contributed by atoms with van der Waals surface area (Å²) in [5, 5.41) is 1.07. The topological polar surface area (TPSA) is 3.24 Å². The van der Waals surface area contributed by atoms with E-state index in [1.807, 2.05) is 11.8 Å². The number of halogens is 1. The standard InChI is InChI=1S/C13H18BrNS/c1-2-15(8-7-14)9-11-10-16-13-6-4-3-5-12(11)13/h3-6,11H,2,7-10H2,1H3.